The lowest BCUT2D eigenvalue weighted by Crippen LogP contribution is -2.32. The molecule has 8 nitrogen and oxygen atoms in total. The molecule has 0 radical (unpaired) electrons. The lowest BCUT2D eigenvalue weighted by atomic mass is 10.2. The van der Waals surface area contributed by atoms with Gasteiger partial charge in [-0.15, -0.1) is 0 Å². The molecule has 34 heavy (non-hydrogen) atoms. The molecule has 3 heterocycles. The number of para-hydroxylation sites is 1. The maximum Gasteiger partial charge on any atom is 0.334 e. The van der Waals surface area contributed by atoms with Gasteiger partial charge in [-0.1, -0.05) is 24.8 Å². The van der Waals surface area contributed by atoms with Crippen LogP contribution in [0.2, 0.25) is 0 Å². The molecule has 2 aromatic heterocycles. The van der Waals surface area contributed by atoms with E-state index in [1.54, 1.807) is 33.2 Å². The van der Waals surface area contributed by atoms with E-state index in [4.69, 9.17) is 10.5 Å². The first-order chi connectivity index (χ1) is 16.4. The fourth-order valence-electron chi connectivity index (χ4n) is 4.48. The van der Waals surface area contributed by atoms with Gasteiger partial charge in [0.1, 0.15) is 22.8 Å². The van der Waals surface area contributed by atoms with Crippen LogP contribution >= 0.6 is 0 Å². The van der Waals surface area contributed by atoms with Gasteiger partial charge in [0.05, 0.1) is 17.2 Å². The topological polar surface area (TPSA) is 95.4 Å². The van der Waals surface area contributed by atoms with Crippen molar-refractivity contribution in [3.05, 3.63) is 89.5 Å². The Balaban J connectivity index is 1.54. The van der Waals surface area contributed by atoms with Crippen molar-refractivity contribution in [2.45, 2.75) is 19.4 Å². The smallest absolute Gasteiger partial charge is 0.334 e. The molecule has 1 amide bonds. The molecule has 8 heteroatoms. The molecule has 1 aliphatic heterocycles. The van der Waals surface area contributed by atoms with E-state index in [-0.39, 0.29) is 23.5 Å². The molecule has 1 saturated heterocycles. The molecular weight excluding hydrogens is 430 g/mol. The van der Waals surface area contributed by atoms with E-state index in [2.05, 4.69) is 11.6 Å². The number of pyridine rings is 1. The Labute approximate surface area is 196 Å². The predicted octanol–water partition coefficient (Wildman–Crippen LogP) is 3.91. The van der Waals surface area contributed by atoms with Gasteiger partial charge in [-0.2, -0.15) is 0 Å². The number of carbonyl (C=O) groups excluding carboxylic acids is 1. The molecule has 0 aliphatic carbocycles. The second-order valence-corrected chi connectivity index (χ2v) is 8.43. The van der Waals surface area contributed by atoms with Crippen molar-refractivity contribution in [1.29, 1.82) is 0 Å². The van der Waals surface area contributed by atoms with Crippen molar-refractivity contribution in [3.63, 3.8) is 0 Å². The SMILES string of the molecule is C=C(C)C(=O)N1CC[C@@H](n2c(=O)n(-c3ccc(Oc4ccccc4)cc3)c3c(N)nccc32)C1. The molecule has 1 fully saturated rings. The van der Waals surface area contributed by atoms with Crippen LogP contribution in [-0.4, -0.2) is 38.0 Å². The van der Waals surface area contributed by atoms with Crippen LogP contribution < -0.4 is 16.2 Å². The normalized spacial score (nSPS) is 15.6. The molecule has 1 atom stereocenters. The summed E-state index contributed by atoms with van der Waals surface area (Å²) in [5.74, 6) is 1.57. The third kappa shape index (κ3) is 3.73. The number of carbonyl (C=O) groups is 1. The number of likely N-dealkylation sites (tertiary alicyclic amines) is 1. The Hall–Kier alpha value is -4.33. The molecule has 0 saturated carbocycles. The summed E-state index contributed by atoms with van der Waals surface area (Å²) in [7, 11) is 0. The summed E-state index contributed by atoms with van der Waals surface area (Å²) in [6, 6.07) is 18.4. The minimum Gasteiger partial charge on any atom is -0.457 e. The number of imidazole rings is 1. The largest absolute Gasteiger partial charge is 0.457 e. The number of hydrogen-bond donors (Lipinski definition) is 1. The fourth-order valence-corrected chi connectivity index (χ4v) is 4.48. The minimum atomic E-state index is -0.221. The summed E-state index contributed by atoms with van der Waals surface area (Å²) in [5.41, 5.74) is 8.40. The van der Waals surface area contributed by atoms with Gasteiger partial charge in [0.2, 0.25) is 5.91 Å². The number of nitrogens with two attached hydrogens (primary N) is 1. The first-order valence-corrected chi connectivity index (χ1v) is 11.1. The molecular formula is C26H25N5O3. The van der Waals surface area contributed by atoms with Crippen LogP contribution in [0, 0.1) is 0 Å². The highest BCUT2D eigenvalue weighted by molar-refractivity contribution is 5.92. The van der Waals surface area contributed by atoms with E-state index < -0.39 is 0 Å². The van der Waals surface area contributed by atoms with Crippen molar-refractivity contribution in [2.75, 3.05) is 18.8 Å². The second kappa shape index (κ2) is 8.55. The molecule has 0 bridgehead atoms. The summed E-state index contributed by atoms with van der Waals surface area (Å²) in [5, 5.41) is 0. The number of rotatable bonds is 5. The Bertz CT molecular complexity index is 1440. The van der Waals surface area contributed by atoms with Crippen LogP contribution in [0.25, 0.3) is 16.7 Å². The highest BCUT2D eigenvalue weighted by Crippen LogP contribution is 2.30. The Morgan fingerprint density at radius 2 is 1.79 bits per heavy atom. The van der Waals surface area contributed by atoms with E-state index in [0.29, 0.717) is 47.6 Å². The maximum atomic E-state index is 13.7. The van der Waals surface area contributed by atoms with Crippen molar-refractivity contribution in [1.82, 2.24) is 19.0 Å². The number of ether oxygens (including phenoxy) is 1. The standard InChI is InChI=1S/C26H25N5O3/c1-17(2)25(32)29-15-13-19(16-29)30-22-12-14-28-24(27)23(22)31(26(30)33)18-8-10-21(11-9-18)34-20-6-4-3-5-7-20/h3-12,14,19H,1,13,15-16H2,2H3,(H2,27,28)/t19-/m1/s1. The number of nitrogen functional groups attached to an aromatic ring is 1. The first-order valence-electron chi connectivity index (χ1n) is 11.1. The van der Waals surface area contributed by atoms with Crippen molar-refractivity contribution in [3.8, 4) is 17.2 Å². The average Bonchev–Trinajstić information content (AvgIpc) is 3.42. The molecule has 0 spiro atoms. The van der Waals surface area contributed by atoms with Crippen molar-refractivity contribution < 1.29 is 9.53 Å². The summed E-state index contributed by atoms with van der Waals surface area (Å²) in [6.45, 7) is 6.47. The number of nitrogens with zero attached hydrogens (tertiary/aromatic N) is 4. The van der Waals surface area contributed by atoms with E-state index in [1.165, 1.54) is 0 Å². The monoisotopic (exact) mass is 455 g/mol. The highest BCUT2D eigenvalue weighted by atomic mass is 16.5. The summed E-state index contributed by atoms with van der Waals surface area (Å²) >= 11 is 0. The van der Waals surface area contributed by atoms with Gasteiger partial charge in [-0.25, -0.2) is 9.78 Å². The first kappa shape index (κ1) is 21.5. The van der Waals surface area contributed by atoms with Crippen LogP contribution in [0.3, 0.4) is 0 Å². The van der Waals surface area contributed by atoms with Crippen molar-refractivity contribution in [2.24, 2.45) is 0 Å². The van der Waals surface area contributed by atoms with Crippen LogP contribution in [-0.2, 0) is 4.79 Å². The third-order valence-electron chi connectivity index (χ3n) is 6.07. The molecule has 2 N–H and O–H groups in total. The number of amides is 1. The van der Waals surface area contributed by atoms with Crippen LogP contribution in [0.5, 0.6) is 11.5 Å². The van der Waals surface area contributed by atoms with Gasteiger partial charge >= 0.3 is 5.69 Å². The summed E-state index contributed by atoms with van der Waals surface area (Å²) in [4.78, 5) is 32.1. The summed E-state index contributed by atoms with van der Waals surface area (Å²) < 4.78 is 9.18. The number of aromatic nitrogens is 3. The van der Waals surface area contributed by atoms with E-state index in [9.17, 15) is 9.59 Å². The van der Waals surface area contributed by atoms with Crippen LogP contribution in [0.4, 0.5) is 5.82 Å². The van der Waals surface area contributed by atoms with Gasteiger partial charge in [0.15, 0.2) is 0 Å². The van der Waals surface area contributed by atoms with Gasteiger partial charge < -0.3 is 15.4 Å². The fraction of sp³-hybridized carbons (Fsp3) is 0.192. The molecule has 1 aliphatic rings. The van der Waals surface area contributed by atoms with E-state index >= 15 is 0 Å². The lowest BCUT2D eigenvalue weighted by Gasteiger charge is -2.17. The Kier molecular flexibility index (Phi) is 5.41. The zero-order chi connectivity index (χ0) is 23.8. The average molecular weight is 456 g/mol. The number of fused-ring (bicyclic) bond motifs is 1. The van der Waals surface area contributed by atoms with Gasteiger partial charge in [-0.3, -0.25) is 13.9 Å². The number of hydrogen-bond acceptors (Lipinski definition) is 5. The Morgan fingerprint density at radius 1 is 1.09 bits per heavy atom. The zero-order valence-electron chi connectivity index (χ0n) is 18.8. The van der Waals surface area contributed by atoms with Crippen LogP contribution in [0.1, 0.15) is 19.4 Å². The molecule has 2 aromatic carbocycles. The maximum absolute atomic E-state index is 13.7. The van der Waals surface area contributed by atoms with Crippen LogP contribution in [0.15, 0.2) is 83.8 Å². The van der Waals surface area contributed by atoms with Gasteiger partial charge in [-0.05, 0) is 55.8 Å². The number of benzene rings is 2. The Morgan fingerprint density at radius 3 is 2.50 bits per heavy atom. The molecule has 5 rings (SSSR count). The van der Waals surface area contributed by atoms with E-state index in [0.717, 1.165) is 5.75 Å². The minimum absolute atomic E-state index is 0.0885. The predicted molar refractivity (Wildman–Crippen MR) is 131 cm³/mol. The van der Waals surface area contributed by atoms with Crippen molar-refractivity contribution >= 4 is 22.8 Å². The lowest BCUT2D eigenvalue weighted by molar-refractivity contribution is -0.126. The molecule has 4 aromatic rings. The quantitative estimate of drug-likeness (QED) is 0.461. The summed E-state index contributed by atoms with van der Waals surface area (Å²) in [6.07, 6.45) is 2.27. The third-order valence-corrected chi connectivity index (χ3v) is 6.07. The number of anilines is 1. The van der Waals surface area contributed by atoms with Gasteiger partial charge in [0.25, 0.3) is 0 Å². The second-order valence-electron chi connectivity index (χ2n) is 8.43. The zero-order valence-corrected chi connectivity index (χ0v) is 18.8. The highest BCUT2D eigenvalue weighted by Gasteiger charge is 2.31. The molecule has 172 valence electrons. The molecule has 0 unspecified atom stereocenters. The van der Waals surface area contributed by atoms with Gasteiger partial charge in [0, 0.05) is 24.9 Å². The van der Waals surface area contributed by atoms with E-state index in [1.807, 2.05) is 54.6 Å².